The number of halogens is 1. The standard InChI is InChI=1S/C20H21FN4O/c1-3-16-10-17(14-6-8-15(21)9-7-14)24-19-18(22-11-25(16)19)20(26)23-12(2)13-4-5-13/h6-13H,3-5H2,1-2H3,(H,23,26)/t12-/m0/s1. The first-order valence-electron chi connectivity index (χ1n) is 9.00. The van der Waals surface area contributed by atoms with Crippen molar-refractivity contribution in [1.29, 1.82) is 0 Å². The van der Waals surface area contributed by atoms with E-state index in [1.165, 1.54) is 25.0 Å². The molecule has 5 nitrogen and oxygen atoms in total. The van der Waals surface area contributed by atoms with Gasteiger partial charge in [-0.2, -0.15) is 0 Å². The molecule has 2 aromatic heterocycles. The van der Waals surface area contributed by atoms with E-state index in [2.05, 4.69) is 15.3 Å². The number of benzene rings is 1. The van der Waals surface area contributed by atoms with Crippen molar-refractivity contribution < 1.29 is 9.18 Å². The van der Waals surface area contributed by atoms with Gasteiger partial charge < -0.3 is 5.32 Å². The van der Waals surface area contributed by atoms with E-state index in [-0.39, 0.29) is 17.8 Å². The first-order valence-corrected chi connectivity index (χ1v) is 9.00. The minimum atomic E-state index is -0.288. The minimum absolute atomic E-state index is 0.144. The maximum Gasteiger partial charge on any atom is 0.274 e. The first-order chi connectivity index (χ1) is 12.6. The third-order valence-electron chi connectivity index (χ3n) is 4.99. The van der Waals surface area contributed by atoms with Crippen molar-refractivity contribution in [2.45, 2.75) is 39.2 Å². The van der Waals surface area contributed by atoms with Gasteiger partial charge in [0, 0.05) is 17.3 Å². The molecule has 6 heteroatoms. The number of aromatic nitrogens is 3. The van der Waals surface area contributed by atoms with Crippen LogP contribution in [-0.2, 0) is 6.42 Å². The van der Waals surface area contributed by atoms with Gasteiger partial charge in [-0.05, 0) is 62.4 Å². The van der Waals surface area contributed by atoms with E-state index >= 15 is 0 Å². The second kappa shape index (κ2) is 6.52. The molecule has 1 aliphatic carbocycles. The molecule has 1 amide bonds. The Hall–Kier alpha value is -2.76. The lowest BCUT2D eigenvalue weighted by molar-refractivity contribution is 0.0933. The zero-order valence-electron chi connectivity index (χ0n) is 14.9. The molecule has 3 aromatic rings. The second-order valence-electron chi connectivity index (χ2n) is 6.88. The van der Waals surface area contributed by atoms with E-state index in [4.69, 9.17) is 0 Å². The van der Waals surface area contributed by atoms with Crippen LogP contribution in [-0.4, -0.2) is 26.3 Å². The molecule has 0 aliphatic heterocycles. The average Bonchev–Trinajstić information content (AvgIpc) is 3.41. The summed E-state index contributed by atoms with van der Waals surface area (Å²) in [5, 5.41) is 3.04. The van der Waals surface area contributed by atoms with Gasteiger partial charge in [0.05, 0.1) is 5.69 Å². The molecular formula is C20H21FN4O. The van der Waals surface area contributed by atoms with Gasteiger partial charge in [0.2, 0.25) is 0 Å². The van der Waals surface area contributed by atoms with Gasteiger partial charge in [-0.15, -0.1) is 0 Å². The van der Waals surface area contributed by atoms with Gasteiger partial charge in [-0.3, -0.25) is 9.20 Å². The summed E-state index contributed by atoms with van der Waals surface area (Å²) in [6, 6.07) is 8.31. The number of hydrogen-bond acceptors (Lipinski definition) is 3. The van der Waals surface area contributed by atoms with Gasteiger partial charge >= 0.3 is 0 Å². The lowest BCUT2D eigenvalue weighted by atomic mass is 10.1. The Morgan fingerprint density at radius 2 is 2.08 bits per heavy atom. The average molecular weight is 352 g/mol. The van der Waals surface area contributed by atoms with Crippen molar-refractivity contribution in [2.75, 3.05) is 0 Å². The molecule has 134 valence electrons. The summed E-state index contributed by atoms with van der Waals surface area (Å²) in [7, 11) is 0. The zero-order valence-corrected chi connectivity index (χ0v) is 14.9. The fraction of sp³-hybridized carbons (Fsp3) is 0.350. The molecule has 26 heavy (non-hydrogen) atoms. The Bertz CT molecular complexity index is 960. The lowest BCUT2D eigenvalue weighted by Gasteiger charge is -2.12. The Morgan fingerprint density at radius 3 is 2.73 bits per heavy atom. The van der Waals surface area contributed by atoms with E-state index in [9.17, 15) is 9.18 Å². The van der Waals surface area contributed by atoms with Crippen LogP contribution in [0, 0.1) is 11.7 Å². The second-order valence-corrected chi connectivity index (χ2v) is 6.88. The number of fused-ring (bicyclic) bond motifs is 1. The summed E-state index contributed by atoms with van der Waals surface area (Å²) in [6.07, 6.45) is 4.74. The lowest BCUT2D eigenvalue weighted by Crippen LogP contribution is -2.34. The smallest absolute Gasteiger partial charge is 0.274 e. The summed E-state index contributed by atoms with van der Waals surface area (Å²) < 4.78 is 15.1. The maximum atomic E-state index is 13.2. The fourth-order valence-electron chi connectivity index (χ4n) is 3.22. The van der Waals surface area contributed by atoms with Crippen LogP contribution < -0.4 is 5.32 Å². The minimum Gasteiger partial charge on any atom is -0.348 e. The first kappa shape index (κ1) is 16.7. The number of aryl methyl sites for hydroxylation is 1. The van der Waals surface area contributed by atoms with E-state index in [0.717, 1.165) is 17.7 Å². The monoisotopic (exact) mass is 352 g/mol. The highest BCUT2D eigenvalue weighted by Crippen LogP contribution is 2.32. The molecule has 0 spiro atoms. The van der Waals surface area contributed by atoms with Crippen molar-refractivity contribution in [1.82, 2.24) is 19.7 Å². The number of carbonyl (C=O) groups is 1. The molecule has 1 aromatic carbocycles. The number of nitrogens with zero attached hydrogens (tertiary/aromatic N) is 3. The van der Waals surface area contributed by atoms with Crippen LogP contribution in [0.1, 0.15) is 42.9 Å². The molecule has 2 heterocycles. The highest BCUT2D eigenvalue weighted by Gasteiger charge is 2.30. The third-order valence-corrected chi connectivity index (χ3v) is 4.99. The molecule has 4 rings (SSSR count). The SMILES string of the molecule is CCc1cc(-c2ccc(F)cc2)nc2c(C(=O)N[C@@H](C)C3CC3)ncn12. The molecule has 1 fully saturated rings. The molecule has 0 saturated heterocycles. The van der Waals surface area contributed by atoms with Gasteiger partial charge in [0.15, 0.2) is 11.3 Å². The van der Waals surface area contributed by atoms with E-state index in [1.54, 1.807) is 18.5 Å². The maximum absolute atomic E-state index is 13.2. The Labute approximate surface area is 151 Å². The fourth-order valence-corrected chi connectivity index (χ4v) is 3.22. The number of rotatable bonds is 5. The number of nitrogens with one attached hydrogen (secondary N) is 1. The van der Waals surface area contributed by atoms with E-state index in [0.29, 0.717) is 23.0 Å². The predicted molar refractivity (Wildman–Crippen MR) is 97.4 cm³/mol. The van der Waals surface area contributed by atoms with Crippen molar-refractivity contribution in [3.05, 3.63) is 53.9 Å². The summed E-state index contributed by atoms with van der Waals surface area (Å²) in [6.45, 7) is 4.07. The van der Waals surface area contributed by atoms with Crippen LogP contribution in [0.5, 0.6) is 0 Å². The quantitative estimate of drug-likeness (QED) is 0.763. The normalized spacial score (nSPS) is 15.2. The van der Waals surface area contributed by atoms with E-state index < -0.39 is 0 Å². The van der Waals surface area contributed by atoms with Crippen LogP contribution in [0.4, 0.5) is 4.39 Å². The van der Waals surface area contributed by atoms with E-state index in [1.807, 2.05) is 24.3 Å². The van der Waals surface area contributed by atoms with Crippen LogP contribution in [0.25, 0.3) is 16.9 Å². The molecule has 1 atom stereocenters. The molecule has 1 aliphatic rings. The van der Waals surface area contributed by atoms with Crippen molar-refractivity contribution in [2.24, 2.45) is 5.92 Å². The van der Waals surface area contributed by atoms with Gasteiger partial charge in [0.25, 0.3) is 5.91 Å². The largest absolute Gasteiger partial charge is 0.348 e. The summed E-state index contributed by atoms with van der Waals surface area (Å²) in [5.41, 5.74) is 3.37. The Kier molecular flexibility index (Phi) is 4.18. The highest BCUT2D eigenvalue weighted by atomic mass is 19.1. The van der Waals surface area contributed by atoms with Crippen molar-refractivity contribution >= 4 is 11.6 Å². The van der Waals surface area contributed by atoms with Crippen molar-refractivity contribution in [3.63, 3.8) is 0 Å². The molecule has 0 bridgehead atoms. The molecule has 0 unspecified atom stereocenters. The molecular weight excluding hydrogens is 331 g/mol. The molecule has 0 radical (unpaired) electrons. The Balaban J connectivity index is 1.76. The van der Waals surface area contributed by atoms with Crippen LogP contribution in [0.3, 0.4) is 0 Å². The summed E-state index contributed by atoms with van der Waals surface area (Å²) >= 11 is 0. The van der Waals surface area contributed by atoms with Crippen LogP contribution in [0.2, 0.25) is 0 Å². The number of amides is 1. The number of hydrogen-bond donors (Lipinski definition) is 1. The van der Waals surface area contributed by atoms with Crippen LogP contribution in [0.15, 0.2) is 36.7 Å². The summed E-state index contributed by atoms with van der Waals surface area (Å²) in [5.74, 6) is 0.0866. The summed E-state index contributed by atoms with van der Waals surface area (Å²) in [4.78, 5) is 21.6. The predicted octanol–water partition coefficient (Wildman–Crippen LogP) is 3.63. The van der Waals surface area contributed by atoms with Gasteiger partial charge in [0.1, 0.15) is 12.1 Å². The Morgan fingerprint density at radius 1 is 1.35 bits per heavy atom. The van der Waals surface area contributed by atoms with Crippen molar-refractivity contribution in [3.8, 4) is 11.3 Å². The molecule has 1 N–H and O–H groups in total. The number of imidazole rings is 1. The van der Waals surface area contributed by atoms with Gasteiger partial charge in [-0.25, -0.2) is 14.4 Å². The van der Waals surface area contributed by atoms with Crippen LogP contribution >= 0.6 is 0 Å². The van der Waals surface area contributed by atoms with Gasteiger partial charge in [-0.1, -0.05) is 6.92 Å². The molecule has 1 saturated carbocycles. The third kappa shape index (κ3) is 3.07. The number of carbonyl (C=O) groups excluding carboxylic acids is 1. The highest BCUT2D eigenvalue weighted by molar-refractivity contribution is 5.98. The zero-order chi connectivity index (χ0) is 18.3. The topological polar surface area (TPSA) is 59.3 Å².